The van der Waals surface area contributed by atoms with Crippen molar-refractivity contribution in [3.63, 3.8) is 0 Å². The molecule has 2 N–H and O–H groups in total. The number of para-hydroxylation sites is 2. The number of nitrogens with one attached hydrogen (secondary N) is 2. The van der Waals surface area contributed by atoms with Crippen LogP contribution in [-0.2, 0) is 11.0 Å². The summed E-state index contributed by atoms with van der Waals surface area (Å²) in [6, 6.07) is 13.2. The molecule has 2 aromatic rings. The lowest BCUT2D eigenvalue weighted by Crippen LogP contribution is -2.34. The van der Waals surface area contributed by atoms with Crippen LogP contribution in [0.3, 0.4) is 0 Å². The summed E-state index contributed by atoms with van der Waals surface area (Å²) in [5, 5.41) is 4.77. The summed E-state index contributed by atoms with van der Waals surface area (Å²) < 4.78 is 38.9. The zero-order valence-electron chi connectivity index (χ0n) is 14.3. The minimum Gasteiger partial charge on any atom is -0.338 e. The molecule has 0 saturated carbocycles. The molecule has 0 aromatic heterocycles. The molecule has 1 aliphatic heterocycles. The first-order valence-electron chi connectivity index (χ1n) is 8.41. The number of carbonyl (C=O) groups excluding carboxylic acids is 2. The Balaban J connectivity index is 1.56. The fraction of sp³-hybridized carbons (Fsp3) is 0.263. The first-order chi connectivity index (χ1) is 12.8. The number of alkyl halides is 3. The highest BCUT2D eigenvalue weighted by molar-refractivity contribution is 5.96. The van der Waals surface area contributed by atoms with Crippen LogP contribution in [0, 0.1) is 5.92 Å². The summed E-state index contributed by atoms with van der Waals surface area (Å²) in [5.74, 6) is -0.155. The fourth-order valence-electron chi connectivity index (χ4n) is 3.02. The van der Waals surface area contributed by atoms with E-state index in [1.165, 1.54) is 18.2 Å². The van der Waals surface area contributed by atoms with Crippen molar-refractivity contribution in [2.24, 2.45) is 5.92 Å². The average Bonchev–Trinajstić information content (AvgIpc) is 3.01. The third-order valence-electron chi connectivity index (χ3n) is 4.30. The van der Waals surface area contributed by atoms with E-state index >= 15 is 0 Å². The van der Waals surface area contributed by atoms with E-state index in [-0.39, 0.29) is 30.5 Å². The van der Waals surface area contributed by atoms with Gasteiger partial charge in [0.15, 0.2) is 0 Å². The lowest BCUT2D eigenvalue weighted by molar-refractivity contribution is -0.136. The van der Waals surface area contributed by atoms with E-state index in [1.54, 1.807) is 4.90 Å². The molecule has 5 nitrogen and oxygen atoms in total. The highest BCUT2D eigenvalue weighted by Crippen LogP contribution is 2.34. The second kappa shape index (κ2) is 7.69. The van der Waals surface area contributed by atoms with Crippen LogP contribution in [0.5, 0.6) is 0 Å². The molecule has 27 heavy (non-hydrogen) atoms. The van der Waals surface area contributed by atoms with Crippen molar-refractivity contribution in [3.8, 4) is 0 Å². The number of benzene rings is 2. The Kier molecular flexibility index (Phi) is 5.34. The number of anilines is 2. The highest BCUT2D eigenvalue weighted by Gasteiger charge is 2.34. The summed E-state index contributed by atoms with van der Waals surface area (Å²) in [6.07, 6.45) is -4.29. The lowest BCUT2D eigenvalue weighted by atomic mass is 10.1. The molecule has 1 saturated heterocycles. The Labute approximate surface area is 154 Å². The van der Waals surface area contributed by atoms with Gasteiger partial charge in [0.1, 0.15) is 0 Å². The van der Waals surface area contributed by atoms with Gasteiger partial charge in [0.25, 0.3) is 0 Å². The number of carbonyl (C=O) groups is 2. The smallest absolute Gasteiger partial charge is 0.338 e. The molecular formula is C19H18F3N3O2. The maximum absolute atomic E-state index is 13.0. The number of hydrogen-bond donors (Lipinski definition) is 2. The van der Waals surface area contributed by atoms with Crippen LogP contribution in [0.1, 0.15) is 12.0 Å². The van der Waals surface area contributed by atoms with Gasteiger partial charge in [-0.1, -0.05) is 30.3 Å². The van der Waals surface area contributed by atoms with Crippen molar-refractivity contribution in [2.45, 2.75) is 12.6 Å². The molecule has 8 heteroatoms. The SMILES string of the molecule is O=C(NCC1CC(=O)N(c2ccccc2)C1)Nc1ccccc1C(F)(F)F. The van der Waals surface area contributed by atoms with Gasteiger partial charge in [-0.2, -0.15) is 13.2 Å². The normalized spacial score (nSPS) is 17.1. The summed E-state index contributed by atoms with van der Waals surface area (Å²) >= 11 is 0. The highest BCUT2D eigenvalue weighted by atomic mass is 19.4. The predicted octanol–water partition coefficient (Wildman–Crippen LogP) is 3.88. The maximum atomic E-state index is 13.0. The molecule has 3 rings (SSSR count). The van der Waals surface area contributed by atoms with Gasteiger partial charge in [-0.25, -0.2) is 4.79 Å². The number of urea groups is 1. The summed E-state index contributed by atoms with van der Waals surface area (Å²) in [4.78, 5) is 25.8. The van der Waals surface area contributed by atoms with Gasteiger partial charge >= 0.3 is 12.2 Å². The zero-order valence-corrected chi connectivity index (χ0v) is 14.3. The Bertz CT molecular complexity index is 824. The van der Waals surface area contributed by atoms with Gasteiger partial charge in [-0.15, -0.1) is 0 Å². The molecule has 1 fully saturated rings. The molecule has 0 aliphatic carbocycles. The van der Waals surface area contributed by atoms with E-state index in [4.69, 9.17) is 0 Å². The molecule has 1 heterocycles. The van der Waals surface area contributed by atoms with Gasteiger partial charge in [0.05, 0.1) is 11.3 Å². The van der Waals surface area contributed by atoms with Crippen molar-refractivity contribution in [1.29, 1.82) is 0 Å². The molecule has 2 aromatic carbocycles. The number of amides is 3. The van der Waals surface area contributed by atoms with Gasteiger partial charge in [-0.3, -0.25) is 4.79 Å². The van der Waals surface area contributed by atoms with E-state index in [2.05, 4.69) is 10.6 Å². The second-order valence-corrected chi connectivity index (χ2v) is 6.29. The first-order valence-corrected chi connectivity index (χ1v) is 8.41. The zero-order chi connectivity index (χ0) is 19.4. The molecule has 0 spiro atoms. The van der Waals surface area contributed by atoms with Gasteiger partial charge < -0.3 is 15.5 Å². The molecule has 0 radical (unpaired) electrons. The van der Waals surface area contributed by atoms with Gasteiger partial charge in [-0.05, 0) is 24.3 Å². The Morgan fingerprint density at radius 3 is 2.44 bits per heavy atom. The Morgan fingerprint density at radius 1 is 1.07 bits per heavy atom. The van der Waals surface area contributed by atoms with Crippen molar-refractivity contribution >= 4 is 23.3 Å². The Hall–Kier alpha value is -3.03. The molecule has 0 bridgehead atoms. The minimum absolute atomic E-state index is 0.0455. The first kappa shape index (κ1) is 18.8. The largest absolute Gasteiger partial charge is 0.418 e. The van der Waals surface area contributed by atoms with Crippen molar-refractivity contribution in [2.75, 3.05) is 23.3 Å². The summed E-state index contributed by atoms with van der Waals surface area (Å²) in [6.45, 7) is 0.636. The summed E-state index contributed by atoms with van der Waals surface area (Å²) in [5.41, 5.74) is -0.434. The van der Waals surface area contributed by atoms with Gasteiger partial charge in [0, 0.05) is 31.1 Å². The monoisotopic (exact) mass is 377 g/mol. The third kappa shape index (κ3) is 4.58. The lowest BCUT2D eigenvalue weighted by Gasteiger charge is -2.17. The van der Waals surface area contributed by atoms with E-state index < -0.39 is 17.8 Å². The quantitative estimate of drug-likeness (QED) is 0.850. The van der Waals surface area contributed by atoms with Crippen LogP contribution in [0.15, 0.2) is 54.6 Å². The fourth-order valence-corrected chi connectivity index (χ4v) is 3.02. The number of rotatable bonds is 4. The maximum Gasteiger partial charge on any atom is 0.418 e. The molecule has 1 unspecified atom stereocenters. The van der Waals surface area contributed by atoms with Crippen LogP contribution >= 0.6 is 0 Å². The van der Waals surface area contributed by atoms with Crippen molar-refractivity contribution < 1.29 is 22.8 Å². The molecule has 1 aliphatic rings. The standard InChI is InChI=1S/C19H18F3N3O2/c20-19(21,22)15-8-4-5-9-16(15)24-18(27)23-11-13-10-17(26)25(12-13)14-6-2-1-3-7-14/h1-9,13H,10-12H2,(H2,23,24,27). The predicted molar refractivity (Wildman–Crippen MR) is 95.4 cm³/mol. The van der Waals surface area contributed by atoms with Gasteiger partial charge in [0.2, 0.25) is 5.91 Å². The van der Waals surface area contributed by atoms with Crippen molar-refractivity contribution in [1.82, 2.24) is 5.32 Å². The van der Waals surface area contributed by atoms with Crippen LogP contribution in [0.4, 0.5) is 29.3 Å². The van der Waals surface area contributed by atoms with E-state index in [9.17, 15) is 22.8 Å². The number of hydrogen-bond acceptors (Lipinski definition) is 2. The minimum atomic E-state index is -4.56. The average molecular weight is 377 g/mol. The van der Waals surface area contributed by atoms with Crippen LogP contribution in [0.2, 0.25) is 0 Å². The third-order valence-corrected chi connectivity index (χ3v) is 4.30. The second-order valence-electron chi connectivity index (χ2n) is 6.29. The van der Waals surface area contributed by atoms with E-state index in [0.717, 1.165) is 11.8 Å². The molecule has 3 amide bonds. The molecule has 1 atom stereocenters. The number of halogens is 3. The topological polar surface area (TPSA) is 61.4 Å². The van der Waals surface area contributed by atoms with Crippen molar-refractivity contribution in [3.05, 3.63) is 60.2 Å². The Morgan fingerprint density at radius 2 is 1.74 bits per heavy atom. The van der Waals surface area contributed by atoms with E-state index in [1.807, 2.05) is 30.3 Å². The van der Waals surface area contributed by atoms with Crippen LogP contribution in [0.25, 0.3) is 0 Å². The molecular weight excluding hydrogens is 359 g/mol. The van der Waals surface area contributed by atoms with E-state index in [0.29, 0.717) is 6.54 Å². The van der Waals surface area contributed by atoms with Crippen LogP contribution < -0.4 is 15.5 Å². The van der Waals surface area contributed by atoms with Crippen LogP contribution in [-0.4, -0.2) is 25.0 Å². The summed E-state index contributed by atoms with van der Waals surface area (Å²) in [7, 11) is 0. The number of nitrogens with zero attached hydrogens (tertiary/aromatic N) is 1. The molecule has 142 valence electrons.